The SMILES string of the molecule is CC[C@@H](Nc1c(Nc2ccnc(C(=O)N(C)C)c2O)c(=O)c1=O)c1ccccc1. The first kappa shape index (κ1) is 20.1. The summed E-state index contributed by atoms with van der Waals surface area (Å²) in [6.07, 6.45) is 2.04. The molecule has 0 aliphatic rings. The van der Waals surface area contributed by atoms with E-state index in [1.807, 2.05) is 37.3 Å². The zero-order valence-electron chi connectivity index (χ0n) is 16.4. The number of aromatic hydroxyl groups is 1. The Morgan fingerprint density at radius 1 is 1.10 bits per heavy atom. The minimum atomic E-state index is -0.688. The van der Waals surface area contributed by atoms with Gasteiger partial charge < -0.3 is 20.6 Å². The van der Waals surface area contributed by atoms with E-state index < -0.39 is 16.8 Å². The number of aromatic nitrogens is 1. The molecule has 0 aliphatic heterocycles. The number of benzene rings is 1. The van der Waals surface area contributed by atoms with Crippen molar-refractivity contribution < 1.29 is 9.90 Å². The first-order valence-corrected chi connectivity index (χ1v) is 9.16. The van der Waals surface area contributed by atoms with Gasteiger partial charge in [-0.1, -0.05) is 37.3 Å². The van der Waals surface area contributed by atoms with Gasteiger partial charge in [-0.3, -0.25) is 14.4 Å². The normalized spacial score (nSPS) is 11.8. The Labute approximate surface area is 167 Å². The number of rotatable bonds is 7. The summed E-state index contributed by atoms with van der Waals surface area (Å²) in [5, 5.41) is 16.3. The van der Waals surface area contributed by atoms with E-state index in [0.29, 0.717) is 6.42 Å². The predicted molar refractivity (Wildman–Crippen MR) is 112 cm³/mol. The van der Waals surface area contributed by atoms with Gasteiger partial charge in [-0.05, 0) is 18.1 Å². The summed E-state index contributed by atoms with van der Waals surface area (Å²) in [6, 6.07) is 10.9. The lowest BCUT2D eigenvalue weighted by Gasteiger charge is -2.22. The van der Waals surface area contributed by atoms with E-state index in [1.54, 1.807) is 0 Å². The van der Waals surface area contributed by atoms with Crippen molar-refractivity contribution in [3.63, 3.8) is 0 Å². The molecule has 1 aromatic heterocycles. The Hall–Kier alpha value is -3.68. The number of carbonyl (C=O) groups is 1. The fraction of sp³-hybridized carbons (Fsp3) is 0.238. The molecule has 0 saturated carbocycles. The molecule has 0 bridgehead atoms. The molecular formula is C21H22N4O4. The molecule has 3 aromatic rings. The molecule has 2 aromatic carbocycles. The minimum absolute atomic E-state index is 0.0501. The molecule has 1 heterocycles. The van der Waals surface area contributed by atoms with Crippen LogP contribution in [0.2, 0.25) is 0 Å². The van der Waals surface area contributed by atoms with Crippen LogP contribution in [0.15, 0.2) is 52.2 Å². The Bertz CT molecular complexity index is 1100. The largest absolute Gasteiger partial charge is 0.504 e. The summed E-state index contributed by atoms with van der Waals surface area (Å²) in [5.41, 5.74) is -0.152. The van der Waals surface area contributed by atoms with E-state index in [-0.39, 0.29) is 34.5 Å². The third-order valence-corrected chi connectivity index (χ3v) is 4.63. The molecule has 3 N–H and O–H groups in total. The van der Waals surface area contributed by atoms with Gasteiger partial charge in [-0.25, -0.2) is 4.98 Å². The highest BCUT2D eigenvalue weighted by molar-refractivity contribution is 5.97. The van der Waals surface area contributed by atoms with E-state index in [4.69, 9.17) is 0 Å². The molecule has 0 fully saturated rings. The van der Waals surface area contributed by atoms with E-state index in [2.05, 4.69) is 15.6 Å². The molecule has 150 valence electrons. The molecule has 8 heteroatoms. The van der Waals surface area contributed by atoms with E-state index in [0.717, 1.165) is 5.56 Å². The minimum Gasteiger partial charge on any atom is -0.504 e. The second-order valence-electron chi connectivity index (χ2n) is 6.80. The quantitative estimate of drug-likeness (QED) is 0.528. The lowest BCUT2D eigenvalue weighted by atomic mass is 10.0. The van der Waals surface area contributed by atoms with Crippen molar-refractivity contribution in [2.75, 3.05) is 24.7 Å². The molecule has 3 rings (SSSR count). The van der Waals surface area contributed by atoms with Crippen LogP contribution >= 0.6 is 0 Å². The third-order valence-electron chi connectivity index (χ3n) is 4.63. The van der Waals surface area contributed by atoms with E-state index >= 15 is 0 Å². The summed E-state index contributed by atoms with van der Waals surface area (Å²) >= 11 is 0. The number of hydrogen-bond acceptors (Lipinski definition) is 7. The van der Waals surface area contributed by atoms with Gasteiger partial charge in [0.2, 0.25) is 0 Å². The Morgan fingerprint density at radius 3 is 2.38 bits per heavy atom. The van der Waals surface area contributed by atoms with Crippen molar-refractivity contribution in [3.8, 4) is 5.75 Å². The molecule has 8 nitrogen and oxygen atoms in total. The van der Waals surface area contributed by atoms with Gasteiger partial charge in [0.1, 0.15) is 11.4 Å². The zero-order valence-corrected chi connectivity index (χ0v) is 16.4. The van der Waals surface area contributed by atoms with Crippen LogP contribution in [0, 0.1) is 0 Å². The Balaban J connectivity index is 1.90. The van der Waals surface area contributed by atoms with Crippen LogP contribution in [-0.2, 0) is 0 Å². The van der Waals surface area contributed by atoms with Crippen molar-refractivity contribution in [1.29, 1.82) is 0 Å². The summed E-state index contributed by atoms with van der Waals surface area (Å²) < 4.78 is 0. The summed E-state index contributed by atoms with van der Waals surface area (Å²) in [6.45, 7) is 1.97. The van der Waals surface area contributed by atoms with Crippen molar-refractivity contribution in [2.45, 2.75) is 19.4 Å². The topological polar surface area (TPSA) is 112 Å². The van der Waals surface area contributed by atoms with Crippen molar-refractivity contribution in [2.24, 2.45) is 0 Å². The van der Waals surface area contributed by atoms with Gasteiger partial charge in [0.25, 0.3) is 16.8 Å². The van der Waals surface area contributed by atoms with Gasteiger partial charge in [0, 0.05) is 20.3 Å². The maximum atomic E-state index is 12.1. The highest BCUT2D eigenvalue weighted by atomic mass is 16.3. The van der Waals surface area contributed by atoms with Crippen molar-refractivity contribution in [3.05, 3.63) is 74.3 Å². The average molecular weight is 394 g/mol. The number of pyridine rings is 1. The Kier molecular flexibility index (Phi) is 5.63. The number of hydrogen-bond donors (Lipinski definition) is 3. The van der Waals surface area contributed by atoms with Crippen LogP contribution in [-0.4, -0.2) is 35.0 Å². The van der Waals surface area contributed by atoms with Crippen LogP contribution in [0.5, 0.6) is 5.75 Å². The molecule has 0 spiro atoms. The smallest absolute Gasteiger partial charge is 0.275 e. The van der Waals surface area contributed by atoms with Crippen LogP contribution in [0.4, 0.5) is 17.1 Å². The maximum Gasteiger partial charge on any atom is 0.275 e. The van der Waals surface area contributed by atoms with Crippen molar-refractivity contribution in [1.82, 2.24) is 9.88 Å². The first-order valence-electron chi connectivity index (χ1n) is 9.16. The number of carbonyl (C=O) groups excluding carboxylic acids is 1. The summed E-state index contributed by atoms with van der Waals surface area (Å²) in [5.74, 6) is -0.870. The lowest BCUT2D eigenvalue weighted by Crippen LogP contribution is -2.37. The standard InChI is InChI=1S/C21H22N4O4/c1-4-13(12-8-6-5-7-9-12)23-15-16(20(28)19(15)27)24-14-10-11-22-17(18(14)26)21(29)25(2)3/h5-11,13,23,26H,4H2,1-3H3,(H,22,24)/t13-/m1/s1. The fourth-order valence-electron chi connectivity index (χ4n) is 2.99. The van der Waals surface area contributed by atoms with Gasteiger partial charge in [0.15, 0.2) is 11.4 Å². The molecule has 1 atom stereocenters. The van der Waals surface area contributed by atoms with Gasteiger partial charge in [0.05, 0.1) is 11.7 Å². The number of nitrogens with one attached hydrogen (secondary N) is 2. The predicted octanol–water partition coefficient (Wildman–Crippen LogP) is 2.39. The lowest BCUT2D eigenvalue weighted by molar-refractivity contribution is 0.0819. The van der Waals surface area contributed by atoms with Crippen LogP contribution in [0.1, 0.15) is 35.4 Å². The molecule has 0 radical (unpaired) electrons. The monoisotopic (exact) mass is 394 g/mol. The zero-order chi connectivity index (χ0) is 21.1. The van der Waals surface area contributed by atoms with Crippen molar-refractivity contribution >= 4 is 23.0 Å². The summed E-state index contributed by atoms with van der Waals surface area (Å²) in [7, 11) is 3.08. The number of amides is 1. The fourth-order valence-corrected chi connectivity index (χ4v) is 2.99. The van der Waals surface area contributed by atoms with Crippen LogP contribution < -0.4 is 21.5 Å². The van der Waals surface area contributed by atoms with E-state index in [1.165, 1.54) is 31.3 Å². The highest BCUT2D eigenvalue weighted by Gasteiger charge is 2.25. The van der Waals surface area contributed by atoms with Gasteiger partial charge in [-0.15, -0.1) is 0 Å². The van der Waals surface area contributed by atoms with E-state index in [9.17, 15) is 19.5 Å². The molecule has 0 unspecified atom stereocenters. The van der Waals surface area contributed by atoms with Crippen LogP contribution in [0.3, 0.4) is 0 Å². The Morgan fingerprint density at radius 2 is 1.76 bits per heavy atom. The second kappa shape index (κ2) is 8.14. The number of nitrogens with zero attached hydrogens (tertiary/aromatic N) is 2. The summed E-state index contributed by atoms with van der Waals surface area (Å²) in [4.78, 5) is 41.6. The molecule has 29 heavy (non-hydrogen) atoms. The number of anilines is 3. The third kappa shape index (κ3) is 3.82. The second-order valence-corrected chi connectivity index (χ2v) is 6.80. The first-order chi connectivity index (χ1) is 13.8. The van der Waals surface area contributed by atoms with Gasteiger partial charge in [-0.2, -0.15) is 0 Å². The molecule has 0 aliphatic carbocycles. The molecule has 1 amide bonds. The molecular weight excluding hydrogens is 372 g/mol. The maximum absolute atomic E-state index is 12.1. The van der Waals surface area contributed by atoms with Crippen LogP contribution in [0.25, 0.3) is 0 Å². The molecule has 0 saturated heterocycles. The highest BCUT2D eigenvalue weighted by Crippen LogP contribution is 2.32. The average Bonchev–Trinajstić information content (AvgIpc) is 2.74. The van der Waals surface area contributed by atoms with Gasteiger partial charge >= 0.3 is 0 Å².